The topological polar surface area (TPSA) is 86.9 Å². The number of benzene rings is 2. The van der Waals surface area contributed by atoms with Gasteiger partial charge in [0.2, 0.25) is 9.84 Å². The summed E-state index contributed by atoms with van der Waals surface area (Å²) in [5.74, 6) is 0.969. The van der Waals surface area contributed by atoms with E-state index in [1.165, 1.54) is 0 Å². The molecule has 3 aromatic rings. The van der Waals surface area contributed by atoms with Crippen molar-refractivity contribution in [2.75, 3.05) is 18.0 Å². The van der Waals surface area contributed by atoms with Crippen LogP contribution in [-0.4, -0.2) is 31.5 Å². The highest BCUT2D eigenvalue weighted by Gasteiger charge is 2.36. The normalized spacial score (nSPS) is 18.0. The number of hydrogen-bond donors (Lipinski definition) is 0. The molecule has 0 aliphatic carbocycles. The quantitative estimate of drug-likeness (QED) is 0.600. The molecule has 6 nitrogen and oxygen atoms in total. The number of nitrogens with zero attached hydrogens (tertiary/aromatic N) is 4. The van der Waals surface area contributed by atoms with Gasteiger partial charge in [-0.1, -0.05) is 31.2 Å². The smallest absolute Gasteiger partial charge is 0.200 e. The zero-order valence-electron chi connectivity index (χ0n) is 18.0. The summed E-state index contributed by atoms with van der Waals surface area (Å²) < 4.78 is 27.3. The van der Waals surface area contributed by atoms with E-state index < -0.39 is 15.1 Å². The first kappa shape index (κ1) is 21.3. The van der Waals surface area contributed by atoms with Crippen LogP contribution in [0.3, 0.4) is 0 Å². The van der Waals surface area contributed by atoms with Crippen LogP contribution in [0.5, 0.6) is 0 Å². The van der Waals surface area contributed by atoms with Gasteiger partial charge < -0.3 is 4.90 Å². The van der Waals surface area contributed by atoms with E-state index in [1.807, 2.05) is 37.3 Å². The van der Waals surface area contributed by atoms with Gasteiger partial charge in [-0.05, 0) is 61.9 Å². The first-order chi connectivity index (χ1) is 14.8. The van der Waals surface area contributed by atoms with Gasteiger partial charge in [-0.2, -0.15) is 5.26 Å². The van der Waals surface area contributed by atoms with E-state index >= 15 is 0 Å². The van der Waals surface area contributed by atoms with Crippen molar-refractivity contribution in [1.82, 2.24) is 9.97 Å². The summed E-state index contributed by atoms with van der Waals surface area (Å²) >= 11 is 0. The van der Waals surface area contributed by atoms with Crippen molar-refractivity contribution in [1.29, 1.82) is 5.26 Å². The van der Waals surface area contributed by atoms with E-state index in [2.05, 4.69) is 16.8 Å². The van der Waals surface area contributed by atoms with Crippen molar-refractivity contribution >= 4 is 26.7 Å². The highest BCUT2D eigenvalue weighted by molar-refractivity contribution is 7.92. The number of sulfone groups is 1. The number of nitriles is 1. The summed E-state index contributed by atoms with van der Waals surface area (Å²) in [6.45, 7) is 7.30. The number of hydrogen-bond acceptors (Lipinski definition) is 6. The van der Waals surface area contributed by atoms with Gasteiger partial charge in [-0.25, -0.2) is 18.4 Å². The van der Waals surface area contributed by atoms with Crippen molar-refractivity contribution in [3.63, 3.8) is 0 Å². The van der Waals surface area contributed by atoms with Gasteiger partial charge in [0, 0.05) is 13.1 Å². The molecule has 2 unspecified atom stereocenters. The number of para-hydroxylation sites is 2. The predicted octanol–water partition coefficient (Wildman–Crippen LogP) is 4.52. The fraction of sp³-hybridized carbons (Fsp3) is 0.375. The Kier molecular flexibility index (Phi) is 5.67. The predicted molar refractivity (Wildman–Crippen MR) is 122 cm³/mol. The number of piperidine rings is 1. The summed E-state index contributed by atoms with van der Waals surface area (Å²) in [7, 11) is -3.99. The van der Waals surface area contributed by atoms with Gasteiger partial charge in [0.25, 0.3) is 0 Å². The second-order valence-electron chi connectivity index (χ2n) is 8.44. The Bertz CT molecular complexity index is 1280. The molecule has 0 spiro atoms. The molecule has 0 saturated carbocycles. The van der Waals surface area contributed by atoms with Gasteiger partial charge in [0.15, 0.2) is 11.1 Å². The summed E-state index contributed by atoms with van der Waals surface area (Å²) in [6.07, 6.45) is 2.12. The molecule has 7 heteroatoms. The summed E-state index contributed by atoms with van der Waals surface area (Å²) in [5, 5.41) is 8.63. The molecule has 160 valence electrons. The van der Waals surface area contributed by atoms with Gasteiger partial charge >= 0.3 is 0 Å². The Morgan fingerprint density at radius 3 is 2.52 bits per heavy atom. The first-order valence-corrected chi connectivity index (χ1v) is 12.1. The van der Waals surface area contributed by atoms with Crippen molar-refractivity contribution in [3.8, 4) is 6.07 Å². The molecule has 1 aliphatic heterocycles. The molecule has 1 saturated heterocycles. The van der Waals surface area contributed by atoms with Gasteiger partial charge in [0.05, 0.1) is 22.0 Å². The van der Waals surface area contributed by atoms with E-state index in [0.29, 0.717) is 28.3 Å². The molecule has 1 aliphatic rings. The molecule has 4 rings (SSSR count). The van der Waals surface area contributed by atoms with Gasteiger partial charge in [-0.15, -0.1) is 0 Å². The van der Waals surface area contributed by atoms with Crippen LogP contribution < -0.4 is 4.90 Å². The molecule has 1 aromatic heterocycles. The highest BCUT2D eigenvalue weighted by atomic mass is 32.2. The molecule has 2 atom stereocenters. The average Bonchev–Trinajstić information content (AvgIpc) is 2.75. The monoisotopic (exact) mass is 434 g/mol. The van der Waals surface area contributed by atoms with Crippen LogP contribution in [0, 0.1) is 31.1 Å². The van der Waals surface area contributed by atoms with Crippen molar-refractivity contribution in [3.05, 3.63) is 59.3 Å². The van der Waals surface area contributed by atoms with Crippen LogP contribution >= 0.6 is 0 Å². The number of aryl methyl sites for hydroxylation is 2. The van der Waals surface area contributed by atoms with Crippen LogP contribution in [0.15, 0.2) is 47.4 Å². The lowest BCUT2D eigenvalue weighted by Crippen LogP contribution is -2.36. The Morgan fingerprint density at radius 2 is 1.84 bits per heavy atom. The lowest BCUT2D eigenvalue weighted by atomic mass is 10.00. The van der Waals surface area contributed by atoms with E-state index in [1.54, 1.807) is 25.1 Å². The lowest BCUT2D eigenvalue weighted by Gasteiger charge is -2.33. The van der Waals surface area contributed by atoms with E-state index in [9.17, 15) is 13.7 Å². The second-order valence-corrected chi connectivity index (χ2v) is 10.4. The molecular weight excluding hydrogens is 408 g/mol. The Hall–Kier alpha value is -2.98. The fourth-order valence-electron chi connectivity index (χ4n) is 4.21. The number of rotatable bonds is 4. The van der Waals surface area contributed by atoms with Gasteiger partial charge in [0.1, 0.15) is 5.69 Å². The average molecular weight is 435 g/mol. The molecule has 2 heterocycles. The Balaban J connectivity index is 1.93. The largest absolute Gasteiger partial charge is 0.355 e. The molecule has 2 aromatic carbocycles. The van der Waals surface area contributed by atoms with Crippen LogP contribution in [0.1, 0.15) is 41.8 Å². The van der Waals surface area contributed by atoms with Gasteiger partial charge in [-0.3, -0.25) is 0 Å². The molecule has 0 amide bonds. The third-order valence-electron chi connectivity index (χ3n) is 5.86. The van der Waals surface area contributed by atoms with Crippen LogP contribution in [0.4, 0.5) is 5.82 Å². The number of fused-ring (bicyclic) bond motifs is 1. The standard InChI is InChI=1S/C24H26N4O2S/c1-16-10-11-18(3)21(13-16)31(29,30)22(14-25)23-24(28-12-6-7-17(2)15-28)27-20-9-5-4-8-19(20)26-23/h4-5,8-11,13,17,22H,6-7,12,15H2,1-3H3. The lowest BCUT2D eigenvalue weighted by molar-refractivity contribution is 0.443. The molecular formula is C24H26N4O2S. The van der Waals surface area contributed by atoms with Crippen molar-refractivity contribution in [2.45, 2.75) is 43.8 Å². The number of aromatic nitrogens is 2. The van der Waals surface area contributed by atoms with E-state index in [4.69, 9.17) is 4.98 Å². The fourth-order valence-corrected chi connectivity index (χ4v) is 5.92. The SMILES string of the molecule is Cc1ccc(C)c(S(=O)(=O)C(C#N)c2nc3ccccc3nc2N2CCCC(C)C2)c1. The summed E-state index contributed by atoms with van der Waals surface area (Å²) in [4.78, 5) is 11.7. The second kappa shape index (κ2) is 8.27. The minimum Gasteiger partial charge on any atom is -0.355 e. The Labute approximate surface area is 183 Å². The first-order valence-electron chi connectivity index (χ1n) is 10.5. The zero-order valence-corrected chi connectivity index (χ0v) is 18.9. The number of anilines is 1. The van der Waals surface area contributed by atoms with Crippen LogP contribution in [0.2, 0.25) is 0 Å². The third-order valence-corrected chi connectivity index (χ3v) is 7.86. The molecule has 0 radical (unpaired) electrons. The third kappa shape index (κ3) is 4.00. The molecule has 0 bridgehead atoms. The summed E-state index contributed by atoms with van der Waals surface area (Å²) in [5.41, 5.74) is 2.95. The zero-order chi connectivity index (χ0) is 22.2. The maximum Gasteiger partial charge on any atom is 0.200 e. The molecule has 1 fully saturated rings. The highest BCUT2D eigenvalue weighted by Crippen LogP contribution is 2.36. The van der Waals surface area contributed by atoms with Crippen LogP contribution in [-0.2, 0) is 9.84 Å². The van der Waals surface area contributed by atoms with Crippen molar-refractivity contribution in [2.24, 2.45) is 5.92 Å². The minimum absolute atomic E-state index is 0.173. The van der Waals surface area contributed by atoms with Crippen molar-refractivity contribution < 1.29 is 8.42 Å². The maximum absolute atomic E-state index is 13.7. The van der Waals surface area contributed by atoms with E-state index in [-0.39, 0.29) is 10.6 Å². The molecule has 0 N–H and O–H groups in total. The minimum atomic E-state index is -3.99. The Morgan fingerprint density at radius 1 is 1.13 bits per heavy atom. The maximum atomic E-state index is 13.7. The van der Waals surface area contributed by atoms with Crippen LogP contribution in [0.25, 0.3) is 11.0 Å². The van der Waals surface area contributed by atoms with E-state index in [0.717, 1.165) is 31.5 Å². The molecule has 31 heavy (non-hydrogen) atoms. The summed E-state index contributed by atoms with van der Waals surface area (Å²) in [6, 6.07) is 14.7.